The minimum atomic E-state index is -0.960. The lowest BCUT2D eigenvalue weighted by atomic mass is 9.96. The Balaban J connectivity index is 1.72. The summed E-state index contributed by atoms with van der Waals surface area (Å²) in [6.07, 6.45) is 1.79. The molecule has 31 heavy (non-hydrogen) atoms. The van der Waals surface area contributed by atoms with Gasteiger partial charge in [-0.15, -0.1) is 0 Å². The zero-order chi connectivity index (χ0) is 22.6. The van der Waals surface area contributed by atoms with E-state index < -0.39 is 11.5 Å². The Hall–Kier alpha value is -3.29. The van der Waals surface area contributed by atoms with Crippen LogP contribution in [0.25, 0.3) is 0 Å². The van der Waals surface area contributed by atoms with E-state index in [0.717, 1.165) is 5.56 Å². The molecule has 4 N–H and O–H groups in total. The third-order valence-corrected chi connectivity index (χ3v) is 4.80. The van der Waals surface area contributed by atoms with Gasteiger partial charge in [-0.25, -0.2) is 9.97 Å². The van der Waals surface area contributed by atoms with Crippen LogP contribution in [-0.2, 0) is 23.2 Å². The molecule has 8 heteroatoms. The lowest BCUT2D eigenvalue weighted by Gasteiger charge is -2.21. The van der Waals surface area contributed by atoms with Gasteiger partial charge in [0, 0.05) is 34.5 Å². The number of anilines is 1. The zero-order valence-electron chi connectivity index (χ0n) is 17.2. The van der Waals surface area contributed by atoms with Crippen LogP contribution in [0.2, 0.25) is 5.02 Å². The number of hydrogen-bond donors (Lipinski definition) is 3. The maximum absolute atomic E-state index is 12.3. The maximum Gasteiger partial charge on any atom is 0.307 e. The van der Waals surface area contributed by atoms with Crippen molar-refractivity contribution in [3.63, 3.8) is 0 Å². The van der Waals surface area contributed by atoms with E-state index in [-0.39, 0.29) is 12.3 Å². The number of nitrogens with zero attached hydrogens (tertiary/aromatic N) is 2. The van der Waals surface area contributed by atoms with Crippen LogP contribution in [0.3, 0.4) is 0 Å². The van der Waals surface area contributed by atoms with Crippen molar-refractivity contribution in [2.24, 2.45) is 5.73 Å². The molecular weight excluding hydrogens is 416 g/mol. The molecular formula is C23H23ClN4O3. The number of carboxylic acids is 1. The monoisotopic (exact) mass is 438 g/mol. The van der Waals surface area contributed by atoms with Gasteiger partial charge < -0.3 is 16.2 Å². The number of aromatic nitrogens is 2. The summed E-state index contributed by atoms with van der Waals surface area (Å²) in [6, 6.07) is 14.0. The van der Waals surface area contributed by atoms with Crippen molar-refractivity contribution in [1.29, 1.82) is 0 Å². The number of aliphatic carboxylic acids is 1. The molecule has 1 aromatic heterocycles. The van der Waals surface area contributed by atoms with Crippen LogP contribution < -0.4 is 11.1 Å². The molecule has 2 aromatic carbocycles. The molecule has 0 aliphatic heterocycles. The summed E-state index contributed by atoms with van der Waals surface area (Å²) < 4.78 is 0. The van der Waals surface area contributed by atoms with Crippen LogP contribution in [0.1, 0.15) is 46.9 Å². The fourth-order valence-corrected chi connectivity index (χ4v) is 3.20. The molecule has 0 radical (unpaired) electrons. The van der Waals surface area contributed by atoms with Gasteiger partial charge in [0.2, 0.25) is 0 Å². The number of carboxylic acid groups (broad SMARTS) is 1. The number of carbonyl (C=O) groups is 2. The first-order chi connectivity index (χ1) is 14.6. The number of halogens is 1. The first-order valence-electron chi connectivity index (χ1n) is 9.63. The molecule has 0 bridgehead atoms. The van der Waals surface area contributed by atoms with Crippen molar-refractivity contribution >= 4 is 29.2 Å². The van der Waals surface area contributed by atoms with Crippen LogP contribution >= 0.6 is 11.6 Å². The fraction of sp³-hybridized carbons (Fsp3) is 0.217. The van der Waals surface area contributed by atoms with Crippen LogP contribution in [0.4, 0.5) is 5.69 Å². The summed E-state index contributed by atoms with van der Waals surface area (Å²) in [5, 5.41) is 12.5. The topological polar surface area (TPSA) is 118 Å². The van der Waals surface area contributed by atoms with Gasteiger partial charge in [0.15, 0.2) is 0 Å². The molecule has 0 saturated heterocycles. The number of hydrogen-bond acceptors (Lipinski definition) is 5. The quantitative estimate of drug-likeness (QED) is 0.516. The standard InChI is InChI=1S/C23H23ClN4O3/c1-23(2,25)21-16(12-20(29)30)13-26-19(28-21)11-14-3-9-18(10-4-14)27-22(31)15-5-7-17(24)8-6-15/h3-10,13H,11-12,25H2,1-2H3,(H,27,31)(H,29,30). The predicted molar refractivity (Wildman–Crippen MR) is 119 cm³/mol. The molecule has 0 aliphatic carbocycles. The molecule has 0 spiro atoms. The Labute approximate surface area is 185 Å². The smallest absolute Gasteiger partial charge is 0.307 e. The highest BCUT2D eigenvalue weighted by Gasteiger charge is 2.22. The zero-order valence-corrected chi connectivity index (χ0v) is 18.0. The van der Waals surface area contributed by atoms with Gasteiger partial charge in [-0.2, -0.15) is 0 Å². The first kappa shape index (κ1) is 22.4. The molecule has 3 rings (SSSR count). The Morgan fingerprint density at radius 3 is 2.32 bits per heavy atom. The summed E-state index contributed by atoms with van der Waals surface area (Å²) in [7, 11) is 0. The van der Waals surface area contributed by atoms with Crippen molar-refractivity contribution in [2.45, 2.75) is 32.2 Å². The van der Waals surface area contributed by atoms with Crippen LogP contribution in [0.15, 0.2) is 54.7 Å². The molecule has 0 atom stereocenters. The third kappa shape index (κ3) is 6.10. The van der Waals surface area contributed by atoms with E-state index in [2.05, 4.69) is 15.3 Å². The van der Waals surface area contributed by atoms with E-state index >= 15 is 0 Å². The van der Waals surface area contributed by atoms with E-state index in [9.17, 15) is 9.59 Å². The number of nitrogens with two attached hydrogens (primary N) is 1. The van der Waals surface area contributed by atoms with Gasteiger partial charge >= 0.3 is 5.97 Å². The third-order valence-electron chi connectivity index (χ3n) is 4.55. The molecule has 0 aliphatic rings. The second kappa shape index (κ2) is 9.24. The van der Waals surface area contributed by atoms with E-state index in [1.807, 2.05) is 12.1 Å². The molecule has 1 heterocycles. The van der Waals surface area contributed by atoms with Crippen LogP contribution in [0, 0.1) is 0 Å². The number of benzene rings is 2. The Kier molecular flexibility index (Phi) is 6.68. The predicted octanol–water partition coefficient (Wildman–Crippen LogP) is 3.79. The molecule has 0 fully saturated rings. The Morgan fingerprint density at radius 2 is 1.74 bits per heavy atom. The van der Waals surface area contributed by atoms with E-state index in [1.165, 1.54) is 6.20 Å². The first-order valence-corrected chi connectivity index (χ1v) is 10.0. The van der Waals surface area contributed by atoms with Crippen molar-refractivity contribution in [2.75, 3.05) is 5.32 Å². The molecule has 0 unspecified atom stereocenters. The Bertz CT molecular complexity index is 1090. The minimum Gasteiger partial charge on any atom is -0.481 e. The minimum absolute atomic E-state index is 0.182. The molecule has 1 amide bonds. The molecule has 3 aromatic rings. The molecule has 7 nitrogen and oxygen atoms in total. The van der Waals surface area contributed by atoms with Gasteiger partial charge in [-0.05, 0) is 55.8 Å². The van der Waals surface area contributed by atoms with Crippen LogP contribution in [0.5, 0.6) is 0 Å². The number of carbonyl (C=O) groups excluding carboxylic acids is 1. The molecule has 0 saturated carbocycles. The lowest BCUT2D eigenvalue weighted by molar-refractivity contribution is -0.136. The normalized spacial score (nSPS) is 11.2. The summed E-state index contributed by atoms with van der Waals surface area (Å²) in [5.41, 5.74) is 8.53. The average Bonchev–Trinajstić information content (AvgIpc) is 2.70. The van der Waals surface area contributed by atoms with Gasteiger partial charge in [-0.3, -0.25) is 9.59 Å². The summed E-state index contributed by atoms with van der Waals surface area (Å²) in [5.74, 6) is -0.643. The van der Waals surface area contributed by atoms with Gasteiger partial charge in [-0.1, -0.05) is 23.7 Å². The van der Waals surface area contributed by atoms with Crippen molar-refractivity contribution in [3.8, 4) is 0 Å². The largest absolute Gasteiger partial charge is 0.481 e. The highest BCUT2D eigenvalue weighted by Crippen LogP contribution is 2.21. The Morgan fingerprint density at radius 1 is 1.10 bits per heavy atom. The van der Waals surface area contributed by atoms with Crippen molar-refractivity contribution in [1.82, 2.24) is 9.97 Å². The maximum atomic E-state index is 12.3. The van der Waals surface area contributed by atoms with Gasteiger partial charge in [0.25, 0.3) is 5.91 Å². The second-order valence-electron chi connectivity index (χ2n) is 7.79. The number of amides is 1. The summed E-state index contributed by atoms with van der Waals surface area (Å²) in [4.78, 5) is 32.3. The number of nitrogens with one attached hydrogen (secondary N) is 1. The van der Waals surface area contributed by atoms with E-state index in [4.69, 9.17) is 22.4 Å². The van der Waals surface area contributed by atoms with Gasteiger partial charge in [0.1, 0.15) is 5.82 Å². The number of rotatable bonds is 7. The van der Waals surface area contributed by atoms with Gasteiger partial charge in [0.05, 0.1) is 17.7 Å². The highest BCUT2D eigenvalue weighted by atomic mass is 35.5. The van der Waals surface area contributed by atoms with Crippen molar-refractivity contribution in [3.05, 3.63) is 88.0 Å². The average molecular weight is 439 g/mol. The second-order valence-corrected chi connectivity index (χ2v) is 8.22. The van der Waals surface area contributed by atoms with E-state index in [0.29, 0.717) is 39.8 Å². The lowest BCUT2D eigenvalue weighted by Crippen LogP contribution is -2.32. The molecule has 160 valence electrons. The summed E-state index contributed by atoms with van der Waals surface area (Å²) >= 11 is 5.85. The highest BCUT2D eigenvalue weighted by molar-refractivity contribution is 6.30. The fourth-order valence-electron chi connectivity index (χ4n) is 3.07. The van der Waals surface area contributed by atoms with Crippen molar-refractivity contribution < 1.29 is 14.7 Å². The van der Waals surface area contributed by atoms with E-state index in [1.54, 1.807) is 50.2 Å². The summed E-state index contributed by atoms with van der Waals surface area (Å²) in [6.45, 7) is 3.56. The SMILES string of the molecule is CC(C)(N)c1nc(Cc2ccc(NC(=O)c3ccc(Cl)cc3)cc2)ncc1CC(=O)O. The van der Waals surface area contributed by atoms with Crippen LogP contribution in [-0.4, -0.2) is 27.0 Å².